The Bertz CT molecular complexity index is 797. The summed E-state index contributed by atoms with van der Waals surface area (Å²) in [5.41, 5.74) is 6.37. The first-order chi connectivity index (χ1) is 12.8. The van der Waals surface area contributed by atoms with Gasteiger partial charge < -0.3 is 16.0 Å². The number of hydrogen-bond acceptors (Lipinski definition) is 5. The van der Waals surface area contributed by atoms with Crippen LogP contribution in [0.3, 0.4) is 0 Å². The smallest absolute Gasteiger partial charge is 0.251 e. The van der Waals surface area contributed by atoms with Crippen molar-refractivity contribution in [2.75, 3.05) is 32.7 Å². The molecule has 2 aliphatic rings. The Balaban J connectivity index is 1.60. The molecule has 1 aromatic rings. The van der Waals surface area contributed by atoms with Crippen molar-refractivity contribution in [3.05, 3.63) is 29.8 Å². The van der Waals surface area contributed by atoms with Gasteiger partial charge in [-0.3, -0.25) is 9.59 Å². The molecule has 1 aromatic carbocycles. The van der Waals surface area contributed by atoms with Gasteiger partial charge in [-0.25, -0.2) is 8.42 Å². The second kappa shape index (κ2) is 7.95. The van der Waals surface area contributed by atoms with Crippen LogP contribution in [-0.2, 0) is 14.8 Å². The predicted octanol–water partition coefficient (Wildman–Crippen LogP) is 0.00650. The van der Waals surface area contributed by atoms with Gasteiger partial charge in [0.1, 0.15) is 0 Å². The Kier molecular flexibility index (Phi) is 5.83. The van der Waals surface area contributed by atoms with Crippen LogP contribution in [0.15, 0.2) is 29.2 Å². The molecule has 1 heterocycles. The van der Waals surface area contributed by atoms with Crippen LogP contribution >= 0.6 is 0 Å². The van der Waals surface area contributed by atoms with E-state index in [1.807, 2.05) is 0 Å². The number of sulfonamides is 1. The van der Waals surface area contributed by atoms with E-state index in [0.717, 1.165) is 12.8 Å². The van der Waals surface area contributed by atoms with E-state index in [9.17, 15) is 18.0 Å². The number of nitrogens with one attached hydrogen (secondary N) is 1. The van der Waals surface area contributed by atoms with Gasteiger partial charge in [-0.05, 0) is 43.0 Å². The van der Waals surface area contributed by atoms with E-state index in [1.54, 1.807) is 4.90 Å². The minimum atomic E-state index is -3.64. The van der Waals surface area contributed by atoms with Crippen molar-refractivity contribution < 1.29 is 18.0 Å². The van der Waals surface area contributed by atoms with E-state index in [-0.39, 0.29) is 35.8 Å². The molecule has 8 nitrogen and oxygen atoms in total. The van der Waals surface area contributed by atoms with Gasteiger partial charge in [-0.2, -0.15) is 4.31 Å². The maximum Gasteiger partial charge on any atom is 0.251 e. The first kappa shape index (κ1) is 19.8. The lowest BCUT2D eigenvalue weighted by Crippen LogP contribution is -2.49. The van der Waals surface area contributed by atoms with Crippen molar-refractivity contribution >= 4 is 21.8 Å². The molecule has 3 N–H and O–H groups in total. The van der Waals surface area contributed by atoms with Crippen molar-refractivity contribution in [3.63, 3.8) is 0 Å². The zero-order chi connectivity index (χ0) is 19.6. The Morgan fingerprint density at radius 1 is 1.15 bits per heavy atom. The average Bonchev–Trinajstić information content (AvgIpc) is 3.51. The molecule has 0 spiro atoms. The summed E-state index contributed by atoms with van der Waals surface area (Å²) in [7, 11) is -3.64. The molecular formula is C18H26N4O4S. The van der Waals surface area contributed by atoms with Crippen LogP contribution in [0, 0.1) is 5.92 Å². The maximum absolute atomic E-state index is 12.7. The third kappa shape index (κ3) is 4.66. The molecule has 3 rings (SSSR count). The lowest BCUT2D eigenvalue weighted by Gasteiger charge is -2.33. The molecule has 1 atom stereocenters. The van der Waals surface area contributed by atoms with Gasteiger partial charge in [0, 0.05) is 51.3 Å². The van der Waals surface area contributed by atoms with Crippen molar-refractivity contribution in [2.24, 2.45) is 11.7 Å². The zero-order valence-electron chi connectivity index (χ0n) is 15.4. The van der Waals surface area contributed by atoms with Crippen molar-refractivity contribution in [3.8, 4) is 0 Å². The number of carbonyl (C=O) groups excluding carboxylic acids is 2. The molecule has 1 aliphatic heterocycles. The summed E-state index contributed by atoms with van der Waals surface area (Å²) in [5.74, 6) is 0.190. The SMILES string of the molecule is CC(=O)N1CCN(S(=O)(=O)c2ccc(C(=O)NCC(N)C3CC3)cc2)CC1. The van der Waals surface area contributed by atoms with E-state index in [1.165, 1.54) is 35.5 Å². The molecule has 1 aliphatic carbocycles. The number of nitrogens with two attached hydrogens (primary N) is 1. The van der Waals surface area contributed by atoms with Gasteiger partial charge in [0.15, 0.2) is 0 Å². The van der Waals surface area contributed by atoms with E-state index in [2.05, 4.69) is 5.32 Å². The first-order valence-corrected chi connectivity index (χ1v) is 10.6. The number of amides is 2. The third-order valence-corrected chi connectivity index (χ3v) is 7.08. The van der Waals surface area contributed by atoms with E-state index in [4.69, 9.17) is 5.73 Å². The molecule has 148 valence electrons. The van der Waals surface area contributed by atoms with Crippen LogP contribution in [0.2, 0.25) is 0 Å². The van der Waals surface area contributed by atoms with Gasteiger partial charge in [0.2, 0.25) is 15.9 Å². The van der Waals surface area contributed by atoms with Crippen LogP contribution in [0.1, 0.15) is 30.1 Å². The normalized spacial score (nSPS) is 19.6. The summed E-state index contributed by atoms with van der Waals surface area (Å²) in [5, 5.41) is 2.80. The van der Waals surface area contributed by atoms with Crippen LogP contribution in [0.5, 0.6) is 0 Å². The van der Waals surface area contributed by atoms with Gasteiger partial charge in [-0.15, -0.1) is 0 Å². The van der Waals surface area contributed by atoms with Gasteiger partial charge in [-0.1, -0.05) is 0 Å². The Morgan fingerprint density at radius 3 is 2.26 bits per heavy atom. The number of nitrogens with zero attached hydrogens (tertiary/aromatic N) is 2. The van der Waals surface area contributed by atoms with E-state index < -0.39 is 10.0 Å². The Morgan fingerprint density at radius 2 is 1.74 bits per heavy atom. The fraction of sp³-hybridized carbons (Fsp3) is 0.556. The molecule has 0 aromatic heterocycles. The van der Waals surface area contributed by atoms with Crippen molar-refractivity contribution in [2.45, 2.75) is 30.7 Å². The molecule has 9 heteroatoms. The Labute approximate surface area is 159 Å². The molecule has 1 saturated carbocycles. The topological polar surface area (TPSA) is 113 Å². The first-order valence-electron chi connectivity index (χ1n) is 9.18. The second-order valence-corrected chi connectivity index (χ2v) is 9.08. The minimum absolute atomic E-state index is 0.0257. The molecule has 0 radical (unpaired) electrons. The summed E-state index contributed by atoms with van der Waals surface area (Å²) in [6, 6.07) is 5.89. The largest absolute Gasteiger partial charge is 0.350 e. The lowest BCUT2D eigenvalue weighted by atomic mass is 10.2. The fourth-order valence-electron chi connectivity index (χ4n) is 3.17. The molecular weight excluding hydrogens is 368 g/mol. The summed E-state index contributed by atoms with van der Waals surface area (Å²) in [6.45, 7) is 3.20. The van der Waals surface area contributed by atoms with E-state index in [0.29, 0.717) is 31.1 Å². The highest BCUT2D eigenvalue weighted by Crippen LogP contribution is 2.31. The lowest BCUT2D eigenvalue weighted by molar-refractivity contribution is -0.129. The van der Waals surface area contributed by atoms with Gasteiger partial charge >= 0.3 is 0 Å². The molecule has 2 amide bonds. The highest BCUT2D eigenvalue weighted by Gasteiger charge is 2.30. The molecule has 1 saturated heterocycles. The summed E-state index contributed by atoms with van der Waals surface area (Å²) in [4.78, 5) is 25.3. The number of rotatable bonds is 6. The maximum atomic E-state index is 12.7. The number of hydrogen-bond donors (Lipinski definition) is 2. The highest BCUT2D eigenvalue weighted by atomic mass is 32.2. The predicted molar refractivity (Wildman–Crippen MR) is 100 cm³/mol. The van der Waals surface area contributed by atoms with E-state index >= 15 is 0 Å². The van der Waals surface area contributed by atoms with Crippen molar-refractivity contribution in [1.82, 2.24) is 14.5 Å². The van der Waals surface area contributed by atoms with Crippen LogP contribution in [0.4, 0.5) is 0 Å². The summed E-state index contributed by atoms with van der Waals surface area (Å²) < 4.78 is 26.9. The van der Waals surface area contributed by atoms with Gasteiger partial charge in [0.25, 0.3) is 5.91 Å². The third-order valence-electron chi connectivity index (χ3n) is 5.16. The highest BCUT2D eigenvalue weighted by molar-refractivity contribution is 7.89. The number of carbonyl (C=O) groups is 2. The Hall–Kier alpha value is -1.97. The fourth-order valence-corrected chi connectivity index (χ4v) is 4.60. The quantitative estimate of drug-likeness (QED) is 0.706. The average molecular weight is 394 g/mol. The minimum Gasteiger partial charge on any atom is -0.350 e. The second-order valence-electron chi connectivity index (χ2n) is 7.15. The summed E-state index contributed by atoms with van der Waals surface area (Å²) in [6.07, 6.45) is 2.23. The molecule has 1 unspecified atom stereocenters. The number of piperazine rings is 1. The van der Waals surface area contributed by atoms with Gasteiger partial charge in [0.05, 0.1) is 4.90 Å². The molecule has 2 fully saturated rings. The number of benzene rings is 1. The van der Waals surface area contributed by atoms with Crippen LogP contribution in [0.25, 0.3) is 0 Å². The molecule has 27 heavy (non-hydrogen) atoms. The molecule has 0 bridgehead atoms. The van der Waals surface area contributed by atoms with Crippen molar-refractivity contribution in [1.29, 1.82) is 0 Å². The summed E-state index contributed by atoms with van der Waals surface area (Å²) >= 11 is 0. The standard InChI is InChI=1S/C18H26N4O4S/c1-13(23)21-8-10-22(11-9-21)27(25,26)16-6-4-15(5-7-16)18(24)20-12-17(19)14-2-3-14/h4-7,14,17H,2-3,8-12,19H2,1H3,(H,20,24). The zero-order valence-corrected chi connectivity index (χ0v) is 16.2. The van der Waals surface area contributed by atoms with Crippen LogP contribution in [-0.4, -0.2) is 68.2 Å². The monoisotopic (exact) mass is 394 g/mol. The van der Waals surface area contributed by atoms with Crippen LogP contribution < -0.4 is 11.1 Å².